The summed E-state index contributed by atoms with van der Waals surface area (Å²) in [6.07, 6.45) is 2.14. The smallest absolute Gasteiger partial charge is 0.303 e. The third-order valence-corrected chi connectivity index (χ3v) is 5.13. The lowest BCUT2D eigenvalue weighted by Gasteiger charge is -2.10. The van der Waals surface area contributed by atoms with Crippen LogP contribution < -0.4 is 5.32 Å². The second kappa shape index (κ2) is 8.14. The lowest BCUT2D eigenvalue weighted by Crippen LogP contribution is -2.13. The molecule has 1 amide bonds. The molecule has 0 spiro atoms. The fourth-order valence-electron chi connectivity index (χ4n) is 2.54. The lowest BCUT2D eigenvalue weighted by molar-refractivity contribution is -0.136. The monoisotopic (exact) mass is 375 g/mol. The van der Waals surface area contributed by atoms with Crippen LogP contribution in [-0.2, 0) is 27.5 Å². The topological polar surface area (TPSA) is 101 Å². The Bertz CT molecular complexity index is 917. The van der Waals surface area contributed by atoms with Crippen molar-refractivity contribution >= 4 is 27.4 Å². The van der Waals surface area contributed by atoms with Crippen molar-refractivity contribution in [3.8, 4) is 0 Å². The Morgan fingerprint density at radius 3 is 2.27 bits per heavy atom. The molecule has 6 nitrogen and oxygen atoms in total. The number of amides is 1. The number of benzene rings is 2. The molecule has 0 bridgehead atoms. The lowest BCUT2D eigenvalue weighted by atomic mass is 10.1. The van der Waals surface area contributed by atoms with Crippen molar-refractivity contribution < 1.29 is 23.1 Å². The molecule has 0 aliphatic carbocycles. The first-order valence-corrected chi connectivity index (χ1v) is 10.0. The maximum absolute atomic E-state index is 12.4. The van der Waals surface area contributed by atoms with Crippen LogP contribution in [0.25, 0.3) is 0 Å². The van der Waals surface area contributed by atoms with E-state index in [1.165, 1.54) is 6.07 Å². The van der Waals surface area contributed by atoms with E-state index in [2.05, 4.69) is 5.32 Å². The summed E-state index contributed by atoms with van der Waals surface area (Å²) < 4.78 is 23.8. The minimum atomic E-state index is -3.42. The molecular weight excluding hydrogens is 354 g/mol. The number of aliphatic carboxylic acids is 1. The first-order chi connectivity index (χ1) is 12.2. The number of carboxylic acid groups (broad SMARTS) is 1. The highest BCUT2D eigenvalue weighted by Crippen LogP contribution is 2.20. The number of hydrogen-bond acceptors (Lipinski definition) is 4. The molecule has 2 rings (SSSR count). The van der Waals surface area contributed by atoms with Crippen LogP contribution in [0, 0.1) is 0 Å². The van der Waals surface area contributed by atoms with Gasteiger partial charge in [0, 0.05) is 23.9 Å². The van der Waals surface area contributed by atoms with E-state index in [9.17, 15) is 18.0 Å². The van der Waals surface area contributed by atoms with E-state index >= 15 is 0 Å². The van der Waals surface area contributed by atoms with E-state index in [0.717, 1.165) is 11.8 Å². The fourth-order valence-corrected chi connectivity index (χ4v) is 3.57. The highest BCUT2D eigenvalue weighted by Gasteiger charge is 2.16. The summed E-state index contributed by atoms with van der Waals surface area (Å²) in [5, 5.41) is 11.4. The van der Waals surface area contributed by atoms with Gasteiger partial charge >= 0.3 is 5.97 Å². The summed E-state index contributed by atoms with van der Waals surface area (Å²) in [7, 11) is -3.42. The second-order valence-electron chi connectivity index (χ2n) is 5.99. The van der Waals surface area contributed by atoms with Gasteiger partial charge in [0.15, 0.2) is 9.84 Å². The Morgan fingerprint density at radius 2 is 1.73 bits per heavy atom. The summed E-state index contributed by atoms with van der Waals surface area (Å²) in [5.41, 5.74) is 2.34. The molecule has 0 saturated carbocycles. The van der Waals surface area contributed by atoms with Crippen molar-refractivity contribution in [3.63, 3.8) is 0 Å². The second-order valence-corrected chi connectivity index (χ2v) is 7.98. The average Bonchev–Trinajstić information content (AvgIpc) is 2.59. The third kappa shape index (κ3) is 5.16. The van der Waals surface area contributed by atoms with Crippen LogP contribution in [0.5, 0.6) is 0 Å². The minimum Gasteiger partial charge on any atom is -0.481 e. The van der Waals surface area contributed by atoms with Gasteiger partial charge in [0.05, 0.1) is 4.90 Å². The zero-order valence-electron chi connectivity index (χ0n) is 14.7. The summed E-state index contributed by atoms with van der Waals surface area (Å²) in [6.45, 7) is 1.86. The van der Waals surface area contributed by atoms with Gasteiger partial charge in [-0.1, -0.05) is 25.1 Å². The summed E-state index contributed by atoms with van der Waals surface area (Å²) in [4.78, 5) is 23.2. The zero-order chi connectivity index (χ0) is 19.3. The van der Waals surface area contributed by atoms with Crippen LogP contribution in [0.15, 0.2) is 47.4 Å². The molecule has 0 heterocycles. The van der Waals surface area contributed by atoms with Gasteiger partial charge in [-0.15, -0.1) is 0 Å². The number of carboxylic acids is 1. The highest BCUT2D eigenvalue weighted by atomic mass is 32.2. The number of carbonyl (C=O) groups excluding carboxylic acids is 1. The van der Waals surface area contributed by atoms with Gasteiger partial charge in [-0.3, -0.25) is 9.59 Å². The average molecular weight is 375 g/mol. The number of sulfone groups is 1. The molecule has 0 atom stereocenters. The molecule has 2 aromatic rings. The SMILES string of the molecule is CCc1ccc(C(=O)Nc2ccc(CCC(=O)O)cc2)cc1S(C)(=O)=O. The molecule has 0 aliphatic heterocycles. The van der Waals surface area contributed by atoms with Gasteiger partial charge in [0.2, 0.25) is 0 Å². The van der Waals surface area contributed by atoms with E-state index in [1.54, 1.807) is 36.4 Å². The highest BCUT2D eigenvalue weighted by molar-refractivity contribution is 7.90. The molecule has 0 unspecified atom stereocenters. The third-order valence-electron chi connectivity index (χ3n) is 3.95. The van der Waals surface area contributed by atoms with Crippen LogP contribution in [0.3, 0.4) is 0 Å². The molecule has 26 heavy (non-hydrogen) atoms. The van der Waals surface area contributed by atoms with Crippen molar-refractivity contribution in [2.45, 2.75) is 31.1 Å². The molecule has 0 aromatic heterocycles. The summed E-state index contributed by atoms with van der Waals surface area (Å²) in [5.74, 6) is -1.27. The van der Waals surface area contributed by atoms with Crippen molar-refractivity contribution in [1.29, 1.82) is 0 Å². The van der Waals surface area contributed by atoms with E-state index in [1.807, 2.05) is 6.92 Å². The van der Waals surface area contributed by atoms with Gasteiger partial charge in [0.25, 0.3) is 5.91 Å². The van der Waals surface area contributed by atoms with Gasteiger partial charge in [-0.25, -0.2) is 8.42 Å². The molecule has 7 heteroatoms. The number of anilines is 1. The van der Waals surface area contributed by atoms with Gasteiger partial charge < -0.3 is 10.4 Å². The predicted molar refractivity (Wildman–Crippen MR) is 99.3 cm³/mol. The van der Waals surface area contributed by atoms with Crippen LogP contribution in [-0.4, -0.2) is 31.7 Å². The standard InChI is InChI=1S/C19H21NO5S/c1-3-14-7-8-15(12-17(14)26(2,24)25)19(23)20-16-9-4-13(5-10-16)6-11-18(21)22/h4-5,7-10,12H,3,6,11H2,1-2H3,(H,20,23)(H,21,22). The van der Waals surface area contributed by atoms with Crippen molar-refractivity contribution in [2.24, 2.45) is 0 Å². The Kier molecular flexibility index (Phi) is 6.15. The quantitative estimate of drug-likeness (QED) is 0.775. The van der Waals surface area contributed by atoms with Gasteiger partial charge in [-0.05, 0) is 48.2 Å². The normalized spacial score (nSPS) is 11.2. The maximum atomic E-state index is 12.4. The Morgan fingerprint density at radius 1 is 1.08 bits per heavy atom. The first-order valence-electron chi connectivity index (χ1n) is 8.15. The van der Waals surface area contributed by atoms with Crippen LogP contribution in [0.2, 0.25) is 0 Å². The molecule has 0 aliphatic rings. The van der Waals surface area contributed by atoms with Gasteiger partial charge in [-0.2, -0.15) is 0 Å². The number of hydrogen-bond donors (Lipinski definition) is 2. The molecule has 138 valence electrons. The largest absolute Gasteiger partial charge is 0.481 e. The molecule has 2 aromatic carbocycles. The van der Waals surface area contributed by atoms with E-state index in [-0.39, 0.29) is 16.9 Å². The van der Waals surface area contributed by atoms with Crippen molar-refractivity contribution in [3.05, 3.63) is 59.2 Å². The fraction of sp³-hybridized carbons (Fsp3) is 0.263. The van der Waals surface area contributed by atoms with Crippen LogP contribution in [0.1, 0.15) is 34.8 Å². The number of nitrogens with one attached hydrogen (secondary N) is 1. The number of carbonyl (C=O) groups is 2. The molecular formula is C19H21NO5S. The van der Waals surface area contributed by atoms with Crippen LogP contribution >= 0.6 is 0 Å². The summed E-state index contributed by atoms with van der Waals surface area (Å²) in [6, 6.07) is 11.5. The number of aryl methyl sites for hydroxylation is 2. The predicted octanol–water partition coefficient (Wildman–Crippen LogP) is 2.92. The number of rotatable bonds is 7. The van der Waals surface area contributed by atoms with Crippen LogP contribution in [0.4, 0.5) is 5.69 Å². The van der Waals surface area contributed by atoms with Gasteiger partial charge in [0.1, 0.15) is 0 Å². The Hall–Kier alpha value is -2.67. The zero-order valence-corrected chi connectivity index (χ0v) is 15.5. The first kappa shape index (κ1) is 19.7. The van der Waals surface area contributed by atoms with E-state index < -0.39 is 21.7 Å². The van der Waals surface area contributed by atoms with E-state index in [0.29, 0.717) is 24.1 Å². The minimum absolute atomic E-state index is 0.0454. The molecule has 2 N–H and O–H groups in total. The van der Waals surface area contributed by atoms with Crippen molar-refractivity contribution in [1.82, 2.24) is 0 Å². The molecule has 0 saturated heterocycles. The Balaban J connectivity index is 2.16. The molecule has 0 radical (unpaired) electrons. The van der Waals surface area contributed by atoms with Crippen molar-refractivity contribution in [2.75, 3.05) is 11.6 Å². The summed E-state index contributed by atoms with van der Waals surface area (Å²) >= 11 is 0. The van der Waals surface area contributed by atoms with E-state index in [4.69, 9.17) is 5.11 Å². The Labute approximate surface area is 152 Å². The maximum Gasteiger partial charge on any atom is 0.303 e. The molecule has 0 fully saturated rings.